The molecule has 0 aliphatic rings. The number of carbonyl (C=O) groups excluding carboxylic acids is 1. The van der Waals surface area contributed by atoms with Crippen LogP contribution in [0.1, 0.15) is 5.56 Å². The predicted octanol–water partition coefficient (Wildman–Crippen LogP) is 2.74. The average molecular weight is 213 g/mol. The van der Waals surface area contributed by atoms with Gasteiger partial charge in [-0.25, -0.2) is 4.79 Å². The molecule has 76 valence electrons. The van der Waals surface area contributed by atoms with Crippen molar-refractivity contribution in [3.63, 3.8) is 0 Å². The molecule has 0 saturated heterocycles. The van der Waals surface area contributed by atoms with Crippen LogP contribution in [-0.2, 0) is 0 Å². The van der Waals surface area contributed by atoms with Crippen LogP contribution in [0.25, 0.3) is 0 Å². The number of hydrogen-bond donors (Lipinski definition) is 1. The van der Waals surface area contributed by atoms with E-state index < -0.39 is 0 Å². The van der Waals surface area contributed by atoms with E-state index in [9.17, 15) is 4.79 Å². The zero-order chi connectivity index (χ0) is 10.7. The Labute approximate surface area is 88.7 Å². The summed E-state index contributed by atoms with van der Waals surface area (Å²) < 4.78 is 0. The Bertz CT molecular complexity index is 350. The van der Waals surface area contributed by atoms with E-state index >= 15 is 0 Å². The van der Waals surface area contributed by atoms with Crippen LogP contribution in [0, 0.1) is 6.92 Å². The van der Waals surface area contributed by atoms with Crippen LogP contribution >= 0.6 is 11.6 Å². The van der Waals surface area contributed by atoms with Crippen molar-refractivity contribution in [1.82, 2.24) is 4.90 Å². The molecule has 2 amide bonds. The normalized spacial score (nSPS) is 9.71. The van der Waals surface area contributed by atoms with Gasteiger partial charge in [0.05, 0.1) is 0 Å². The summed E-state index contributed by atoms with van der Waals surface area (Å²) in [5.41, 5.74) is 1.74. The standard InChI is InChI=1S/C10H13ClN2O/c1-7-6-8(11)4-5-9(7)12-10(14)13(2)3/h4-6H,1-3H3,(H,12,14). The first kappa shape index (κ1) is 10.9. The third-order valence-electron chi connectivity index (χ3n) is 1.84. The molecule has 14 heavy (non-hydrogen) atoms. The van der Waals surface area contributed by atoms with Gasteiger partial charge < -0.3 is 10.2 Å². The van der Waals surface area contributed by atoms with Crippen LogP contribution in [0.5, 0.6) is 0 Å². The molecule has 1 N–H and O–H groups in total. The van der Waals surface area contributed by atoms with E-state index in [4.69, 9.17) is 11.6 Å². The van der Waals surface area contributed by atoms with Gasteiger partial charge in [-0.3, -0.25) is 0 Å². The molecule has 0 spiro atoms. The van der Waals surface area contributed by atoms with E-state index in [0.29, 0.717) is 5.02 Å². The van der Waals surface area contributed by atoms with E-state index in [0.717, 1.165) is 11.3 Å². The molecule has 0 radical (unpaired) electrons. The van der Waals surface area contributed by atoms with Crippen LogP contribution in [0.2, 0.25) is 5.02 Å². The summed E-state index contributed by atoms with van der Waals surface area (Å²) in [5, 5.41) is 3.44. The predicted molar refractivity (Wildman–Crippen MR) is 58.9 cm³/mol. The van der Waals surface area contributed by atoms with Crippen LogP contribution in [0.4, 0.5) is 10.5 Å². The molecule has 1 rings (SSSR count). The van der Waals surface area contributed by atoms with Crippen molar-refractivity contribution < 1.29 is 4.79 Å². The number of rotatable bonds is 1. The molecule has 1 aromatic carbocycles. The number of urea groups is 1. The van der Waals surface area contributed by atoms with Gasteiger partial charge in [0.25, 0.3) is 0 Å². The van der Waals surface area contributed by atoms with Crippen LogP contribution < -0.4 is 5.32 Å². The lowest BCUT2D eigenvalue weighted by Crippen LogP contribution is -2.27. The third kappa shape index (κ3) is 2.64. The van der Waals surface area contributed by atoms with E-state index in [1.54, 1.807) is 26.2 Å². The zero-order valence-electron chi connectivity index (χ0n) is 8.47. The van der Waals surface area contributed by atoms with Crippen molar-refractivity contribution in [2.45, 2.75) is 6.92 Å². The highest BCUT2D eigenvalue weighted by atomic mass is 35.5. The minimum absolute atomic E-state index is 0.143. The molecule has 4 heteroatoms. The Morgan fingerprint density at radius 3 is 2.57 bits per heavy atom. The maximum Gasteiger partial charge on any atom is 0.321 e. The molecular formula is C10H13ClN2O. The highest BCUT2D eigenvalue weighted by Crippen LogP contribution is 2.19. The molecule has 3 nitrogen and oxygen atoms in total. The molecule has 0 saturated carbocycles. The molecule has 0 bridgehead atoms. The number of nitrogens with one attached hydrogen (secondary N) is 1. The van der Waals surface area contributed by atoms with Gasteiger partial charge in [0.2, 0.25) is 0 Å². The number of carbonyl (C=O) groups is 1. The van der Waals surface area contributed by atoms with Crippen molar-refractivity contribution in [3.8, 4) is 0 Å². The molecule has 0 aliphatic carbocycles. The molecule has 0 aliphatic heterocycles. The summed E-state index contributed by atoms with van der Waals surface area (Å²) in [6, 6.07) is 5.21. The maximum atomic E-state index is 11.3. The molecule has 0 atom stereocenters. The van der Waals surface area contributed by atoms with E-state index in [-0.39, 0.29) is 6.03 Å². The Hall–Kier alpha value is -1.22. The van der Waals surface area contributed by atoms with Gasteiger partial charge in [0, 0.05) is 24.8 Å². The lowest BCUT2D eigenvalue weighted by Gasteiger charge is -2.13. The van der Waals surface area contributed by atoms with Crippen molar-refractivity contribution in [3.05, 3.63) is 28.8 Å². The fraction of sp³-hybridized carbons (Fsp3) is 0.300. The molecule has 0 aromatic heterocycles. The highest BCUT2D eigenvalue weighted by molar-refractivity contribution is 6.30. The smallest absolute Gasteiger partial charge is 0.321 e. The van der Waals surface area contributed by atoms with Gasteiger partial charge in [-0.2, -0.15) is 0 Å². The Kier molecular flexibility index (Phi) is 3.36. The zero-order valence-corrected chi connectivity index (χ0v) is 9.22. The molecule has 1 aromatic rings. The molecule has 0 fully saturated rings. The fourth-order valence-corrected chi connectivity index (χ4v) is 1.22. The van der Waals surface area contributed by atoms with Gasteiger partial charge in [-0.05, 0) is 30.7 Å². The summed E-state index contributed by atoms with van der Waals surface area (Å²) >= 11 is 5.79. The first-order chi connectivity index (χ1) is 6.50. The summed E-state index contributed by atoms with van der Waals surface area (Å²) in [7, 11) is 3.39. The maximum absolute atomic E-state index is 11.3. The van der Waals surface area contributed by atoms with E-state index in [1.807, 2.05) is 13.0 Å². The highest BCUT2D eigenvalue weighted by Gasteiger charge is 2.05. The van der Waals surface area contributed by atoms with Crippen LogP contribution in [-0.4, -0.2) is 25.0 Å². The molecule has 0 heterocycles. The second kappa shape index (κ2) is 4.33. The van der Waals surface area contributed by atoms with Gasteiger partial charge in [-0.1, -0.05) is 11.6 Å². The summed E-state index contributed by atoms with van der Waals surface area (Å²) in [4.78, 5) is 12.8. The molecular weight excluding hydrogens is 200 g/mol. The first-order valence-corrected chi connectivity index (χ1v) is 4.63. The van der Waals surface area contributed by atoms with Gasteiger partial charge in [0.15, 0.2) is 0 Å². The van der Waals surface area contributed by atoms with Gasteiger partial charge >= 0.3 is 6.03 Å². The fourth-order valence-electron chi connectivity index (χ4n) is 0.994. The quantitative estimate of drug-likeness (QED) is 0.763. The topological polar surface area (TPSA) is 32.3 Å². The second-order valence-corrected chi connectivity index (χ2v) is 3.72. The number of nitrogens with zero attached hydrogens (tertiary/aromatic N) is 1. The summed E-state index contributed by atoms with van der Waals surface area (Å²) in [6.45, 7) is 1.90. The van der Waals surface area contributed by atoms with Crippen molar-refractivity contribution >= 4 is 23.3 Å². The Balaban J connectivity index is 2.82. The van der Waals surface area contributed by atoms with Gasteiger partial charge in [-0.15, -0.1) is 0 Å². The van der Waals surface area contributed by atoms with E-state index in [2.05, 4.69) is 5.32 Å². The average Bonchev–Trinajstić information content (AvgIpc) is 2.09. The minimum Gasteiger partial charge on any atom is -0.331 e. The third-order valence-corrected chi connectivity index (χ3v) is 2.07. The number of amides is 2. The van der Waals surface area contributed by atoms with Gasteiger partial charge in [0.1, 0.15) is 0 Å². The monoisotopic (exact) mass is 212 g/mol. The van der Waals surface area contributed by atoms with Crippen LogP contribution in [0.15, 0.2) is 18.2 Å². The lowest BCUT2D eigenvalue weighted by atomic mass is 10.2. The second-order valence-electron chi connectivity index (χ2n) is 3.28. The number of halogens is 1. The summed E-state index contributed by atoms with van der Waals surface area (Å²) in [6.07, 6.45) is 0. The summed E-state index contributed by atoms with van der Waals surface area (Å²) in [5.74, 6) is 0. The van der Waals surface area contributed by atoms with Crippen LogP contribution in [0.3, 0.4) is 0 Å². The van der Waals surface area contributed by atoms with Crippen molar-refractivity contribution in [1.29, 1.82) is 0 Å². The Morgan fingerprint density at radius 2 is 2.07 bits per heavy atom. The number of hydrogen-bond acceptors (Lipinski definition) is 1. The number of benzene rings is 1. The van der Waals surface area contributed by atoms with Crippen molar-refractivity contribution in [2.24, 2.45) is 0 Å². The largest absolute Gasteiger partial charge is 0.331 e. The molecule has 0 unspecified atom stereocenters. The number of aryl methyl sites for hydroxylation is 1. The first-order valence-electron chi connectivity index (χ1n) is 4.25. The Morgan fingerprint density at radius 1 is 1.43 bits per heavy atom. The minimum atomic E-state index is -0.143. The SMILES string of the molecule is Cc1cc(Cl)ccc1NC(=O)N(C)C. The lowest BCUT2D eigenvalue weighted by molar-refractivity contribution is 0.230. The van der Waals surface area contributed by atoms with E-state index in [1.165, 1.54) is 4.90 Å². The van der Waals surface area contributed by atoms with Crippen molar-refractivity contribution in [2.75, 3.05) is 19.4 Å². The number of anilines is 1.